The predicted molar refractivity (Wildman–Crippen MR) is 109 cm³/mol. The zero-order valence-electron chi connectivity index (χ0n) is 15.7. The third-order valence-corrected chi connectivity index (χ3v) is 5.46. The van der Waals surface area contributed by atoms with Gasteiger partial charge in [-0.1, -0.05) is 18.2 Å². The maximum absolute atomic E-state index is 13.3. The largest absolute Gasteiger partial charge is 0.371 e. The van der Waals surface area contributed by atoms with Crippen molar-refractivity contribution in [3.63, 3.8) is 0 Å². The Morgan fingerprint density at radius 2 is 2.11 bits per heavy atom. The van der Waals surface area contributed by atoms with Gasteiger partial charge in [-0.25, -0.2) is 4.98 Å². The third-order valence-electron chi connectivity index (χ3n) is 5.46. The first-order valence-electron chi connectivity index (χ1n) is 9.56. The normalized spacial score (nSPS) is 16.8. The van der Waals surface area contributed by atoms with E-state index in [1.807, 2.05) is 66.8 Å². The molecule has 3 aromatic heterocycles. The molecule has 1 aliphatic heterocycles. The number of carbonyl (C=O) groups is 1. The smallest absolute Gasteiger partial charge is 0.256 e. The van der Waals surface area contributed by atoms with Crippen molar-refractivity contribution in [2.45, 2.75) is 18.9 Å². The molecule has 0 saturated carbocycles. The van der Waals surface area contributed by atoms with Gasteiger partial charge in [0.1, 0.15) is 5.82 Å². The van der Waals surface area contributed by atoms with Crippen molar-refractivity contribution >= 4 is 28.1 Å². The highest BCUT2D eigenvalue weighted by Gasteiger charge is 2.32. The summed E-state index contributed by atoms with van der Waals surface area (Å²) in [6.45, 7) is 0.733. The van der Waals surface area contributed by atoms with E-state index >= 15 is 0 Å². The van der Waals surface area contributed by atoms with Crippen LogP contribution < -0.4 is 5.32 Å². The fraction of sp³-hybridized carbons (Fsp3) is 0.227. The van der Waals surface area contributed by atoms with Crippen LogP contribution >= 0.6 is 0 Å². The van der Waals surface area contributed by atoms with E-state index in [1.165, 1.54) is 0 Å². The summed E-state index contributed by atoms with van der Waals surface area (Å²) in [5.41, 5.74) is 3.46. The zero-order valence-corrected chi connectivity index (χ0v) is 15.7. The number of nitrogens with one attached hydrogen (secondary N) is 1. The number of benzene rings is 1. The highest BCUT2D eigenvalue weighted by atomic mass is 16.2. The first-order valence-corrected chi connectivity index (χ1v) is 9.56. The molecule has 0 spiro atoms. The number of aromatic nitrogens is 3. The van der Waals surface area contributed by atoms with Crippen LogP contribution in [0.2, 0.25) is 0 Å². The van der Waals surface area contributed by atoms with Gasteiger partial charge in [0, 0.05) is 37.6 Å². The Balaban J connectivity index is 1.51. The number of carbonyl (C=O) groups excluding carboxylic acids is 1. The second kappa shape index (κ2) is 6.64. The van der Waals surface area contributed by atoms with Crippen molar-refractivity contribution in [1.82, 2.24) is 19.3 Å². The van der Waals surface area contributed by atoms with Crippen LogP contribution in [0.25, 0.3) is 16.4 Å². The van der Waals surface area contributed by atoms with Crippen LogP contribution in [0.4, 0.5) is 5.82 Å². The van der Waals surface area contributed by atoms with E-state index in [0.29, 0.717) is 5.56 Å². The van der Waals surface area contributed by atoms with E-state index in [9.17, 15) is 4.79 Å². The number of nitrogens with zero attached hydrogens (tertiary/aromatic N) is 4. The first-order chi connectivity index (χ1) is 13.7. The van der Waals surface area contributed by atoms with Gasteiger partial charge in [-0.2, -0.15) is 0 Å². The van der Waals surface area contributed by atoms with Crippen LogP contribution in [-0.4, -0.2) is 38.8 Å². The van der Waals surface area contributed by atoms with Crippen LogP contribution in [0.3, 0.4) is 0 Å². The fourth-order valence-corrected chi connectivity index (χ4v) is 4.08. The van der Waals surface area contributed by atoms with Crippen LogP contribution in [0.5, 0.6) is 0 Å². The maximum Gasteiger partial charge on any atom is 0.256 e. The van der Waals surface area contributed by atoms with E-state index in [-0.39, 0.29) is 11.9 Å². The van der Waals surface area contributed by atoms with Gasteiger partial charge in [-0.3, -0.25) is 9.78 Å². The van der Waals surface area contributed by atoms with Crippen molar-refractivity contribution < 1.29 is 4.79 Å². The van der Waals surface area contributed by atoms with Gasteiger partial charge in [0.2, 0.25) is 0 Å². The average Bonchev–Trinajstić information content (AvgIpc) is 3.41. The third kappa shape index (κ3) is 2.69. The van der Waals surface area contributed by atoms with E-state index in [2.05, 4.69) is 14.7 Å². The summed E-state index contributed by atoms with van der Waals surface area (Å²) in [5.74, 6) is 0.843. The lowest BCUT2D eigenvalue weighted by Gasteiger charge is -2.25. The second-order valence-corrected chi connectivity index (χ2v) is 7.14. The molecule has 4 aromatic rings. The second-order valence-electron chi connectivity index (χ2n) is 7.14. The van der Waals surface area contributed by atoms with Crippen molar-refractivity contribution in [1.29, 1.82) is 0 Å². The van der Waals surface area contributed by atoms with E-state index < -0.39 is 0 Å². The van der Waals surface area contributed by atoms with Gasteiger partial charge < -0.3 is 14.6 Å². The van der Waals surface area contributed by atoms with Crippen molar-refractivity contribution in [2.24, 2.45) is 0 Å². The number of hydrogen-bond donors (Lipinski definition) is 1. The number of rotatable bonds is 3. The molecule has 0 radical (unpaired) electrons. The topological polar surface area (TPSA) is 62.5 Å². The Labute approximate surface area is 162 Å². The summed E-state index contributed by atoms with van der Waals surface area (Å²) >= 11 is 0. The summed E-state index contributed by atoms with van der Waals surface area (Å²) in [6.07, 6.45) is 7.61. The number of likely N-dealkylation sites (tertiary alicyclic amines) is 1. The predicted octanol–water partition coefficient (Wildman–Crippen LogP) is 3.90. The Morgan fingerprint density at radius 3 is 3.00 bits per heavy atom. The molecule has 1 aromatic carbocycles. The number of para-hydroxylation sites is 1. The zero-order chi connectivity index (χ0) is 19.1. The lowest BCUT2D eigenvalue weighted by molar-refractivity contribution is 0.0732. The molecule has 140 valence electrons. The highest BCUT2D eigenvalue weighted by Crippen LogP contribution is 2.33. The van der Waals surface area contributed by atoms with Crippen LogP contribution in [0.1, 0.15) is 34.9 Å². The summed E-state index contributed by atoms with van der Waals surface area (Å²) in [5, 5.41) is 4.15. The molecule has 0 aliphatic carbocycles. The first kappa shape index (κ1) is 16.7. The molecule has 6 nitrogen and oxygen atoms in total. The molecule has 1 saturated heterocycles. The Morgan fingerprint density at radius 1 is 1.21 bits per heavy atom. The van der Waals surface area contributed by atoms with Crippen LogP contribution in [0, 0.1) is 0 Å². The fourth-order valence-electron chi connectivity index (χ4n) is 4.08. The molecule has 28 heavy (non-hydrogen) atoms. The van der Waals surface area contributed by atoms with Crippen LogP contribution in [-0.2, 0) is 0 Å². The van der Waals surface area contributed by atoms with Gasteiger partial charge in [-0.05, 0) is 37.1 Å². The minimum absolute atomic E-state index is 0.0150. The molecular weight excluding hydrogens is 350 g/mol. The van der Waals surface area contributed by atoms with Gasteiger partial charge in [-0.15, -0.1) is 0 Å². The van der Waals surface area contributed by atoms with Crippen molar-refractivity contribution in [3.05, 3.63) is 72.3 Å². The van der Waals surface area contributed by atoms with Gasteiger partial charge in [0.15, 0.2) is 0 Å². The maximum atomic E-state index is 13.3. The lowest BCUT2D eigenvalue weighted by Crippen LogP contribution is -2.31. The van der Waals surface area contributed by atoms with Gasteiger partial charge >= 0.3 is 0 Å². The monoisotopic (exact) mass is 371 g/mol. The molecule has 4 heterocycles. The molecule has 1 aliphatic rings. The summed E-state index contributed by atoms with van der Waals surface area (Å²) in [7, 11) is 1.87. The molecule has 1 fully saturated rings. The van der Waals surface area contributed by atoms with Gasteiger partial charge in [0.05, 0.1) is 28.3 Å². The molecule has 6 heteroatoms. The highest BCUT2D eigenvalue weighted by molar-refractivity contribution is 5.97. The van der Waals surface area contributed by atoms with Gasteiger partial charge in [0.25, 0.3) is 5.91 Å². The Bertz CT molecular complexity index is 1180. The number of pyridine rings is 1. The van der Waals surface area contributed by atoms with E-state index in [0.717, 1.165) is 47.3 Å². The molecule has 1 amide bonds. The number of hydrogen-bond acceptors (Lipinski definition) is 4. The van der Waals surface area contributed by atoms with Crippen molar-refractivity contribution in [2.75, 3.05) is 18.9 Å². The molecule has 1 unspecified atom stereocenters. The van der Waals surface area contributed by atoms with Crippen molar-refractivity contribution in [3.8, 4) is 0 Å². The SMILES string of the molecule is CNc1nc(C2CCCN2C(=O)c2cnc3ccccc3c2)cn2cccc12. The number of anilines is 1. The molecule has 0 bridgehead atoms. The minimum atomic E-state index is -0.0297. The van der Waals surface area contributed by atoms with Crippen LogP contribution in [0.15, 0.2) is 61.1 Å². The average molecular weight is 371 g/mol. The minimum Gasteiger partial charge on any atom is -0.371 e. The Hall–Kier alpha value is -3.41. The molecular formula is C22H21N5O. The van der Waals surface area contributed by atoms with E-state index in [1.54, 1.807) is 6.20 Å². The van der Waals surface area contributed by atoms with E-state index in [4.69, 9.17) is 4.98 Å². The summed E-state index contributed by atoms with van der Waals surface area (Å²) in [6, 6.07) is 13.8. The Kier molecular flexibility index (Phi) is 3.97. The quantitative estimate of drug-likeness (QED) is 0.593. The lowest BCUT2D eigenvalue weighted by atomic mass is 10.1. The molecule has 1 atom stereocenters. The molecule has 1 N–H and O–H groups in total. The standard InChI is InChI=1S/C22H21N5O/c1-23-21-20-9-4-10-26(20)14-18(25-21)19-8-5-11-27(19)22(28)16-12-15-6-2-3-7-17(15)24-13-16/h2-4,6-7,9-10,12-14,19H,5,8,11H2,1H3,(H,23,25). The number of amides is 1. The summed E-state index contributed by atoms with van der Waals surface area (Å²) < 4.78 is 2.06. The molecule has 5 rings (SSSR count). The summed E-state index contributed by atoms with van der Waals surface area (Å²) in [4.78, 5) is 24.5. The number of fused-ring (bicyclic) bond motifs is 2.